The number of carbonyl (C=O) groups is 1. The van der Waals surface area contributed by atoms with Gasteiger partial charge in [-0.2, -0.15) is 5.10 Å². The van der Waals surface area contributed by atoms with Gasteiger partial charge in [0.2, 0.25) is 0 Å². The van der Waals surface area contributed by atoms with Crippen LogP contribution in [0.2, 0.25) is 0 Å². The predicted octanol–water partition coefficient (Wildman–Crippen LogP) is 1.79. The highest BCUT2D eigenvalue weighted by molar-refractivity contribution is 9.10. The minimum Gasteiger partial charge on any atom is -0.490 e. The number of ether oxygens (including phenoxy) is 3. The summed E-state index contributed by atoms with van der Waals surface area (Å²) in [6, 6.07) is 13.7. The number of amides is 1. The van der Waals surface area contributed by atoms with Gasteiger partial charge in [0.15, 0.2) is 18.0 Å². The minimum absolute atomic E-state index is 0.116. The van der Waals surface area contributed by atoms with Crippen LogP contribution in [0.25, 0.3) is 0 Å². The zero-order chi connectivity index (χ0) is 21.2. The van der Waals surface area contributed by atoms with Crippen LogP contribution in [0.15, 0.2) is 52.0 Å². The average molecular weight is 477 g/mol. The molecule has 7 nitrogen and oxygen atoms in total. The van der Waals surface area contributed by atoms with Crippen LogP contribution >= 0.6 is 15.9 Å². The first-order valence-electron chi connectivity index (χ1n) is 10.0. The Kier molecular flexibility index (Phi) is 8.67. The third-order valence-corrected chi connectivity index (χ3v) is 5.16. The molecule has 2 aromatic rings. The number of hydrazone groups is 1. The van der Waals surface area contributed by atoms with Crippen molar-refractivity contribution in [2.45, 2.75) is 13.5 Å². The van der Waals surface area contributed by atoms with Crippen LogP contribution in [0.5, 0.6) is 11.5 Å². The smallest absolute Gasteiger partial charge is 0.295 e. The molecule has 30 heavy (non-hydrogen) atoms. The molecule has 3 rings (SSSR count). The van der Waals surface area contributed by atoms with Crippen LogP contribution in [-0.4, -0.2) is 51.6 Å². The number of nitrogens with one attached hydrogen (secondary N) is 2. The molecular weight excluding hydrogens is 450 g/mol. The second kappa shape index (κ2) is 11.7. The standard InChI is InChI=1S/C22H26BrN3O4/c1-2-29-20-13-18(14-24-25-21(27)15-26-8-10-28-11-9-26)12-19(23)22(20)30-16-17-6-4-3-5-7-17/h3-7,12-14H,2,8-11,15-16H2,1H3,(H,25,27)/p+1/b24-14-. The van der Waals surface area contributed by atoms with Crippen LogP contribution in [0.4, 0.5) is 0 Å². The molecule has 0 aliphatic carbocycles. The molecule has 0 saturated carbocycles. The Labute approximate surface area is 185 Å². The largest absolute Gasteiger partial charge is 0.490 e. The highest BCUT2D eigenvalue weighted by Gasteiger charge is 2.17. The fraction of sp³-hybridized carbons (Fsp3) is 0.364. The first-order valence-corrected chi connectivity index (χ1v) is 10.8. The van der Waals surface area contributed by atoms with E-state index in [0.29, 0.717) is 44.5 Å². The van der Waals surface area contributed by atoms with E-state index in [-0.39, 0.29) is 5.91 Å². The molecule has 1 fully saturated rings. The number of rotatable bonds is 9. The van der Waals surface area contributed by atoms with Gasteiger partial charge in [-0.3, -0.25) is 4.79 Å². The van der Waals surface area contributed by atoms with Crippen molar-refractivity contribution >= 4 is 28.1 Å². The summed E-state index contributed by atoms with van der Waals surface area (Å²) in [5, 5.41) is 4.09. The van der Waals surface area contributed by atoms with E-state index in [1.165, 1.54) is 4.90 Å². The lowest BCUT2D eigenvalue weighted by Crippen LogP contribution is -3.15. The zero-order valence-corrected chi connectivity index (χ0v) is 18.6. The lowest BCUT2D eigenvalue weighted by molar-refractivity contribution is -0.900. The van der Waals surface area contributed by atoms with Crippen LogP contribution in [0.1, 0.15) is 18.1 Å². The number of nitrogens with zero attached hydrogens (tertiary/aromatic N) is 1. The normalized spacial score (nSPS) is 14.6. The van der Waals surface area contributed by atoms with Gasteiger partial charge in [-0.1, -0.05) is 30.3 Å². The molecule has 0 aromatic heterocycles. The summed E-state index contributed by atoms with van der Waals surface area (Å²) in [7, 11) is 0. The molecule has 8 heteroatoms. The molecule has 1 heterocycles. The van der Waals surface area contributed by atoms with E-state index in [9.17, 15) is 4.79 Å². The Morgan fingerprint density at radius 3 is 2.73 bits per heavy atom. The summed E-state index contributed by atoms with van der Waals surface area (Å²) in [4.78, 5) is 13.3. The van der Waals surface area contributed by atoms with Crippen molar-refractivity contribution in [1.82, 2.24) is 5.43 Å². The van der Waals surface area contributed by atoms with Gasteiger partial charge in [-0.25, -0.2) is 5.43 Å². The monoisotopic (exact) mass is 476 g/mol. The number of carbonyl (C=O) groups excluding carboxylic acids is 1. The quantitative estimate of drug-likeness (QED) is 0.427. The summed E-state index contributed by atoms with van der Waals surface area (Å²) in [5.41, 5.74) is 4.45. The van der Waals surface area contributed by atoms with Crippen LogP contribution in [0, 0.1) is 0 Å². The Morgan fingerprint density at radius 1 is 1.23 bits per heavy atom. The van der Waals surface area contributed by atoms with Gasteiger partial charge < -0.3 is 19.1 Å². The summed E-state index contributed by atoms with van der Waals surface area (Å²) in [6.45, 7) is 6.32. The van der Waals surface area contributed by atoms with E-state index in [4.69, 9.17) is 14.2 Å². The molecule has 2 aromatic carbocycles. The lowest BCUT2D eigenvalue weighted by Gasteiger charge is -2.22. The maximum atomic E-state index is 12.1. The molecule has 1 aliphatic heterocycles. The summed E-state index contributed by atoms with van der Waals surface area (Å²) < 4.78 is 17.8. The van der Waals surface area contributed by atoms with Crippen molar-refractivity contribution in [2.24, 2.45) is 5.10 Å². The van der Waals surface area contributed by atoms with Gasteiger partial charge in [0.25, 0.3) is 5.91 Å². The van der Waals surface area contributed by atoms with Crippen molar-refractivity contribution in [2.75, 3.05) is 39.5 Å². The maximum Gasteiger partial charge on any atom is 0.295 e. The Balaban J connectivity index is 1.61. The molecule has 0 atom stereocenters. The third kappa shape index (κ3) is 6.83. The van der Waals surface area contributed by atoms with Crippen molar-refractivity contribution in [3.8, 4) is 11.5 Å². The molecule has 0 unspecified atom stereocenters. The van der Waals surface area contributed by atoms with Crippen molar-refractivity contribution < 1.29 is 23.9 Å². The molecule has 0 radical (unpaired) electrons. The third-order valence-electron chi connectivity index (χ3n) is 4.57. The van der Waals surface area contributed by atoms with E-state index >= 15 is 0 Å². The average Bonchev–Trinajstić information content (AvgIpc) is 2.75. The number of morpholine rings is 1. The van der Waals surface area contributed by atoms with E-state index in [1.807, 2.05) is 49.4 Å². The van der Waals surface area contributed by atoms with Gasteiger partial charge in [-0.05, 0) is 46.1 Å². The fourth-order valence-electron chi connectivity index (χ4n) is 3.08. The molecule has 160 valence electrons. The topological polar surface area (TPSA) is 73.6 Å². The number of hydrogen-bond donors (Lipinski definition) is 2. The van der Waals surface area contributed by atoms with E-state index in [0.717, 1.165) is 28.7 Å². The zero-order valence-electron chi connectivity index (χ0n) is 17.0. The molecule has 1 aliphatic rings. The van der Waals surface area contributed by atoms with E-state index in [1.54, 1.807) is 6.21 Å². The first kappa shape index (κ1) is 22.3. The second-order valence-electron chi connectivity index (χ2n) is 6.87. The fourth-order valence-corrected chi connectivity index (χ4v) is 3.65. The Bertz CT molecular complexity index is 855. The van der Waals surface area contributed by atoms with Gasteiger partial charge in [0.1, 0.15) is 19.7 Å². The SMILES string of the molecule is CCOc1cc(/C=N\NC(=O)C[NH+]2CCOCC2)cc(Br)c1OCc1ccccc1. The number of quaternary nitrogens is 1. The number of hydrogen-bond acceptors (Lipinski definition) is 5. The molecular formula is C22H27BrN3O4+. The van der Waals surface area contributed by atoms with Gasteiger partial charge in [0.05, 0.1) is 30.5 Å². The first-order chi connectivity index (χ1) is 14.7. The highest BCUT2D eigenvalue weighted by atomic mass is 79.9. The summed E-state index contributed by atoms with van der Waals surface area (Å²) >= 11 is 3.56. The van der Waals surface area contributed by atoms with Crippen molar-refractivity contribution in [3.05, 3.63) is 58.1 Å². The van der Waals surface area contributed by atoms with Crippen molar-refractivity contribution in [3.63, 3.8) is 0 Å². The predicted molar refractivity (Wildman–Crippen MR) is 118 cm³/mol. The van der Waals surface area contributed by atoms with Gasteiger partial charge in [0, 0.05) is 0 Å². The number of benzene rings is 2. The molecule has 2 N–H and O–H groups in total. The second-order valence-corrected chi connectivity index (χ2v) is 7.72. The summed E-state index contributed by atoms with van der Waals surface area (Å²) in [5.74, 6) is 1.14. The highest BCUT2D eigenvalue weighted by Crippen LogP contribution is 2.37. The summed E-state index contributed by atoms with van der Waals surface area (Å²) in [6.07, 6.45) is 1.60. The molecule has 1 amide bonds. The minimum atomic E-state index is -0.116. The van der Waals surface area contributed by atoms with E-state index in [2.05, 4.69) is 26.5 Å². The number of halogens is 1. The van der Waals surface area contributed by atoms with Gasteiger partial charge in [-0.15, -0.1) is 0 Å². The van der Waals surface area contributed by atoms with Crippen LogP contribution in [-0.2, 0) is 16.1 Å². The molecule has 0 spiro atoms. The molecule has 0 bridgehead atoms. The molecule has 1 saturated heterocycles. The van der Waals surface area contributed by atoms with E-state index < -0.39 is 0 Å². The van der Waals surface area contributed by atoms with Crippen LogP contribution in [0.3, 0.4) is 0 Å². The maximum absolute atomic E-state index is 12.1. The Morgan fingerprint density at radius 2 is 2.00 bits per heavy atom. The lowest BCUT2D eigenvalue weighted by atomic mass is 10.2. The van der Waals surface area contributed by atoms with Gasteiger partial charge >= 0.3 is 0 Å². The van der Waals surface area contributed by atoms with Crippen molar-refractivity contribution in [1.29, 1.82) is 0 Å². The van der Waals surface area contributed by atoms with Crippen LogP contribution < -0.4 is 19.8 Å². The Hall–Kier alpha value is -2.42.